The van der Waals surface area contributed by atoms with Crippen molar-refractivity contribution in [3.05, 3.63) is 17.9 Å². The van der Waals surface area contributed by atoms with Crippen LogP contribution in [-0.2, 0) is 4.79 Å². The number of likely N-dealkylation sites (N-methyl/N-ethyl adjacent to an activating group) is 2. The van der Waals surface area contributed by atoms with Crippen molar-refractivity contribution in [2.45, 2.75) is 0 Å². The van der Waals surface area contributed by atoms with Crippen LogP contribution in [0.25, 0.3) is 0 Å². The summed E-state index contributed by atoms with van der Waals surface area (Å²) in [6.45, 7) is 0.0560. The van der Waals surface area contributed by atoms with Crippen molar-refractivity contribution >= 4 is 17.3 Å². The van der Waals surface area contributed by atoms with Gasteiger partial charge in [-0.1, -0.05) is 0 Å². The van der Waals surface area contributed by atoms with Gasteiger partial charge in [0, 0.05) is 26.2 Å². The summed E-state index contributed by atoms with van der Waals surface area (Å²) in [5.74, 6) is -0.317. The minimum Gasteiger partial charge on any atom is -0.495 e. The highest BCUT2D eigenvalue weighted by atomic mass is 19.1. The Morgan fingerprint density at radius 2 is 2.24 bits per heavy atom. The van der Waals surface area contributed by atoms with Crippen molar-refractivity contribution in [2.75, 3.05) is 38.4 Å². The predicted octanol–water partition coefficient (Wildman–Crippen LogP) is 0.599. The normalized spacial score (nSPS) is 9.88. The number of nitrogens with one attached hydrogen (secondary N) is 1. The van der Waals surface area contributed by atoms with E-state index in [0.29, 0.717) is 5.75 Å². The second kappa shape index (κ2) is 5.38. The van der Waals surface area contributed by atoms with E-state index in [1.165, 1.54) is 31.2 Å². The van der Waals surface area contributed by atoms with E-state index in [2.05, 4.69) is 5.32 Å². The van der Waals surface area contributed by atoms with Gasteiger partial charge in [0.2, 0.25) is 5.91 Å². The summed E-state index contributed by atoms with van der Waals surface area (Å²) in [4.78, 5) is 12.7. The lowest BCUT2D eigenvalue weighted by Gasteiger charge is -2.20. The van der Waals surface area contributed by atoms with E-state index in [-0.39, 0.29) is 23.8 Å². The van der Waals surface area contributed by atoms with Gasteiger partial charge in [-0.15, -0.1) is 0 Å². The van der Waals surface area contributed by atoms with Crippen molar-refractivity contribution in [1.29, 1.82) is 0 Å². The molecule has 0 bridgehead atoms. The summed E-state index contributed by atoms with van der Waals surface area (Å²) in [5, 5.41) is 2.47. The monoisotopic (exact) mass is 241 g/mol. The molecule has 94 valence electrons. The molecule has 5 nitrogen and oxygen atoms in total. The molecule has 0 aliphatic carbocycles. The Bertz CT molecular complexity index is 423. The van der Waals surface area contributed by atoms with Gasteiger partial charge >= 0.3 is 0 Å². The van der Waals surface area contributed by atoms with Crippen LogP contribution in [0.1, 0.15) is 0 Å². The van der Waals surface area contributed by atoms with Crippen LogP contribution < -0.4 is 20.7 Å². The summed E-state index contributed by atoms with van der Waals surface area (Å²) in [6.07, 6.45) is 0. The Balaban J connectivity index is 3.00. The second-order valence-electron chi connectivity index (χ2n) is 3.57. The minimum atomic E-state index is -0.491. The number of hydrogen-bond donors (Lipinski definition) is 2. The smallest absolute Gasteiger partial charge is 0.239 e. The Labute approximate surface area is 99.3 Å². The third-order valence-corrected chi connectivity index (χ3v) is 2.37. The first-order chi connectivity index (χ1) is 7.99. The Morgan fingerprint density at radius 1 is 1.59 bits per heavy atom. The zero-order chi connectivity index (χ0) is 13.0. The van der Waals surface area contributed by atoms with Gasteiger partial charge in [-0.3, -0.25) is 4.79 Å². The summed E-state index contributed by atoms with van der Waals surface area (Å²) in [6, 6.07) is 2.64. The van der Waals surface area contributed by atoms with Crippen LogP contribution in [0.15, 0.2) is 12.1 Å². The van der Waals surface area contributed by atoms with Crippen molar-refractivity contribution in [2.24, 2.45) is 0 Å². The lowest BCUT2D eigenvalue weighted by Crippen LogP contribution is -2.33. The molecule has 0 saturated carbocycles. The Hall–Kier alpha value is -1.98. The molecule has 6 heteroatoms. The maximum atomic E-state index is 13.7. The molecule has 0 radical (unpaired) electrons. The number of anilines is 2. The predicted molar refractivity (Wildman–Crippen MR) is 64.7 cm³/mol. The molecule has 0 atom stereocenters. The van der Waals surface area contributed by atoms with E-state index in [4.69, 9.17) is 10.5 Å². The summed E-state index contributed by atoms with van der Waals surface area (Å²) < 4.78 is 18.7. The van der Waals surface area contributed by atoms with E-state index in [0.717, 1.165) is 0 Å². The number of benzene rings is 1. The standard InChI is InChI=1S/C11H16FN3O2/c1-14-11(16)6-15(2)9-5-10(17-3)8(13)4-7(9)12/h4-5H,6,13H2,1-3H3,(H,14,16). The fourth-order valence-electron chi connectivity index (χ4n) is 1.41. The maximum Gasteiger partial charge on any atom is 0.239 e. The molecule has 0 aliphatic heterocycles. The molecule has 0 unspecified atom stereocenters. The third kappa shape index (κ3) is 2.99. The highest BCUT2D eigenvalue weighted by Crippen LogP contribution is 2.29. The second-order valence-corrected chi connectivity index (χ2v) is 3.57. The molecule has 0 aromatic heterocycles. The number of nitrogen functional groups attached to an aromatic ring is 1. The zero-order valence-electron chi connectivity index (χ0n) is 10.1. The Kier molecular flexibility index (Phi) is 4.14. The summed E-state index contributed by atoms with van der Waals surface area (Å²) in [5.41, 5.74) is 6.05. The van der Waals surface area contributed by atoms with Gasteiger partial charge < -0.3 is 20.7 Å². The molecule has 0 saturated heterocycles. The molecule has 1 amide bonds. The SMILES string of the molecule is CNC(=O)CN(C)c1cc(OC)c(N)cc1F. The van der Waals surface area contributed by atoms with Crippen LogP contribution >= 0.6 is 0 Å². The van der Waals surface area contributed by atoms with Gasteiger partial charge in [0.1, 0.15) is 11.6 Å². The molecular formula is C11H16FN3O2. The average Bonchev–Trinajstić information content (AvgIpc) is 2.28. The molecule has 0 aliphatic rings. The van der Waals surface area contributed by atoms with Gasteiger partial charge in [-0.25, -0.2) is 4.39 Å². The van der Waals surface area contributed by atoms with E-state index >= 15 is 0 Å². The summed E-state index contributed by atoms with van der Waals surface area (Å²) in [7, 11) is 4.59. The highest BCUT2D eigenvalue weighted by Gasteiger charge is 2.14. The molecular weight excluding hydrogens is 225 g/mol. The van der Waals surface area contributed by atoms with Crippen LogP contribution in [0.2, 0.25) is 0 Å². The number of nitrogens with two attached hydrogens (primary N) is 1. The number of halogens is 1. The maximum absolute atomic E-state index is 13.7. The molecule has 0 heterocycles. The third-order valence-electron chi connectivity index (χ3n) is 2.37. The van der Waals surface area contributed by atoms with Crippen LogP contribution in [-0.4, -0.2) is 33.7 Å². The van der Waals surface area contributed by atoms with Gasteiger partial charge in [-0.2, -0.15) is 0 Å². The largest absolute Gasteiger partial charge is 0.495 e. The van der Waals surface area contributed by atoms with Gasteiger partial charge in [0.05, 0.1) is 25.0 Å². The summed E-state index contributed by atoms with van der Waals surface area (Å²) >= 11 is 0. The average molecular weight is 241 g/mol. The van der Waals surface area contributed by atoms with E-state index in [9.17, 15) is 9.18 Å². The quantitative estimate of drug-likeness (QED) is 0.757. The molecule has 0 spiro atoms. The van der Waals surface area contributed by atoms with Gasteiger partial charge in [-0.05, 0) is 0 Å². The number of carbonyl (C=O) groups excluding carboxylic acids is 1. The first-order valence-electron chi connectivity index (χ1n) is 5.04. The van der Waals surface area contributed by atoms with E-state index in [1.54, 1.807) is 7.05 Å². The minimum absolute atomic E-state index is 0.0560. The highest BCUT2D eigenvalue weighted by molar-refractivity contribution is 5.81. The van der Waals surface area contributed by atoms with Gasteiger partial charge in [0.25, 0.3) is 0 Å². The molecule has 1 aromatic carbocycles. The van der Waals surface area contributed by atoms with Crippen molar-refractivity contribution in [3.8, 4) is 5.75 Å². The lowest BCUT2D eigenvalue weighted by molar-refractivity contribution is -0.119. The van der Waals surface area contributed by atoms with Crippen LogP contribution in [0, 0.1) is 5.82 Å². The number of methoxy groups -OCH3 is 1. The lowest BCUT2D eigenvalue weighted by atomic mass is 10.2. The first kappa shape index (κ1) is 13.1. The molecule has 0 fully saturated rings. The van der Waals surface area contributed by atoms with Crippen LogP contribution in [0.3, 0.4) is 0 Å². The van der Waals surface area contributed by atoms with Crippen molar-refractivity contribution in [3.63, 3.8) is 0 Å². The molecule has 1 aromatic rings. The van der Waals surface area contributed by atoms with Crippen LogP contribution in [0.4, 0.5) is 15.8 Å². The zero-order valence-corrected chi connectivity index (χ0v) is 10.1. The fourth-order valence-corrected chi connectivity index (χ4v) is 1.41. The molecule has 1 rings (SSSR count). The van der Waals surface area contributed by atoms with E-state index < -0.39 is 5.82 Å². The fraction of sp³-hybridized carbons (Fsp3) is 0.364. The number of rotatable bonds is 4. The number of nitrogens with zero attached hydrogens (tertiary/aromatic N) is 1. The topological polar surface area (TPSA) is 67.6 Å². The van der Waals surface area contributed by atoms with Crippen molar-refractivity contribution in [1.82, 2.24) is 5.32 Å². The van der Waals surface area contributed by atoms with Gasteiger partial charge in [0.15, 0.2) is 0 Å². The number of amides is 1. The molecule has 3 N–H and O–H groups in total. The Morgan fingerprint density at radius 3 is 2.76 bits per heavy atom. The van der Waals surface area contributed by atoms with Crippen molar-refractivity contribution < 1.29 is 13.9 Å². The molecule has 17 heavy (non-hydrogen) atoms. The number of hydrogen-bond acceptors (Lipinski definition) is 4. The van der Waals surface area contributed by atoms with E-state index in [1.807, 2.05) is 0 Å². The number of carbonyl (C=O) groups is 1. The van der Waals surface area contributed by atoms with Crippen LogP contribution in [0.5, 0.6) is 5.75 Å². The number of ether oxygens (including phenoxy) is 1. The first-order valence-corrected chi connectivity index (χ1v) is 5.04.